The average Bonchev–Trinajstić information content (AvgIpc) is 3.77. The van der Waals surface area contributed by atoms with Crippen LogP contribution in [0.1, 0.15) is 139 Å². The molecule has 1 aliphatic carbocycles. The van der Waals surface area contributed by atoms with Gasteiger partial charge >= 0.3 is 137 Å². The van der Waals surface area contributed by atoms with Crippen molar-refractivity contribution in [3.63, 3.8) is 0 Å². The van der Waals surface area contributed by atoms with E-state index >= 15 is 0 Å². The number of alkyl halides is 6. The van der Waals surface area contributed by atoms with E-state index in [4.69, 9.17) is 0 Å². The van der Waals surface area contributed by atoms with Gasteiger partial charge in [0.2, 0.25) is 0 Å². The van der Waals surface area contributed by atoms with Gasteiger partial charge in [0.25, 0.3) is 0 Å². The number of hydrogen-bond acceptors (Lipinski definition) is 0. The Morgan fingerprint density at radius 2 is 0.914 bits per heavy atom. The standard InChI is InChI=1S/C29H41.C15H8F6.C5H5.2ClH.Hf/c1-26(2,3)22-14-18-13-19-15-23(27(4,5)6)25(29(10,11)12)17-21(19)20(18)16-24(22)28(7,8)9;16-14(17,18)12-5-1-10(2-6-12)9-11-3-7-13(8-4-11)15(19,20)21;1-2-4-5-3-1;;;/h14,16-17H,13H2,1-12H3;1-8H;1-5H;2*1H;/q-1;;-1;;;+2/p-2. The van der Waals surface area contributed by atoms with Gasteiger partial charge in [-0.15, -0.1) is 16.7 Å². The van der Waals surface area contributed by atoms with E-state index in [0.717, 1.165) is 33.9 Å². The molecule has 0 bridgehead atoms. The van der Waals surface area contributed by atoms with Gasteiger partial charge in [0.15, 0.2) is 0 Å². The third kappa shape index (κ3) is 12.8. The minimum atomic E-state index is -4.40. The molecule has 5 aromatic carbocycles. The van der Waals surface area contributed by atoms with E-state index in [1.165, 1.54) is 68.8 Å². The van der Waals surface area contributed by atoms with Gasteiger partial charge in [-0.1, -0.05) is 106 Å². The first-order valence-corrected chi connectivity index (χ1v) is 20.7. The summed E-state index contributed by atoms with van der Waals surface area (Å²) >= 11 is 0.493. The molecule has 0 radical (unpaired) electrons. The zero-order valence-corrected chi connectivity index (χ0v) is 40.6. The van der Waals surface area contributed by atoms with Crippen molar-refractivity contribution in [3.8, 4) is 11.1 Å². The molecular formula is C49H54Cl2F6Hf-2. The normalized spacial score (nSPS) is 12.8. The summed E-state index contributed by atoms with van der Waals surface area (Å²) in [4.78, 5) is 0. The third-order valence-electron chi connectivity index (χ3n) is 9.79. The predicted molar refractivity (Wildman–Crippen MR) is 216 cm³/mol. The molecule has 312 valence electrons. The minimum absolute atomic E-state index is 0. The molecular weight excluding hydrogens is 952 g/mol. The topological polar surface area (TPSA) is 0 Å². The van der Waals surface area contributed by atoms with Gasteiger partial charge in [-0.3, -0.25) is 0 Å². The Balaban J connectivity index is 0.000000354. The Hall–Kier alpha value is -2.87. The second-order valence-corrected chi connectivity index (χ2v) is 20.5. The molecule has 9 heteroatoms. The summed E-state index contributed by atoms with van der Waals surface area (Å²) in [5.74, 6) is 0. The molecule has 0 aromatic heterocycles. The van der Waals surface area contributed by atoms with E-state index in [9.17, 15) is 26.3 Å². The summed E-state index contributed by atoms with van der Waals surface area (Å²) in [6, 6.07) is 30.6. The largest absolute Gasteiger partial charge is 1.00 e. The fourth-order valence-electron chi connectivity index (χ4n) is 6.76. The Morgan fingerprint density at radius 1 is 0.534 bits per heavy atom. The third-order valence-corrected chi connectivity index (χ3v) is 11.9. The fraction of sp³-hybridized carbons (Fsp3) is 0.388. The molecule has 0 heterocycles. The van der Waals surface area contributed by atoms with E-state index in [1.807, 2.05) is 30.3 Å². The SMILES string of the molecule is CC(C)(C)c1[c-]c2c(cc1C(C)(C)C)-c1cc(C(C)(C)C)c(C(C)(C)C)cc1C2.FC(F)(F)c1ccc([C](=[Hf+2])c2ccc(C(F)(F)F)cc2)cc1.[Cl-].[Cl-].c1cc[cH-]c1. The maximum absolute atomic E-state index is 12.5. The minimum Gasteiger partial charge on any atom is -1.00 e. The molecule has 0 saturated heterocycles. The van der Waals surface area contributed by atoms with Gasteiger partial charge in [0.1, 0.15) is 0 Å². The molecule has 0 N–H and O–H groups in total. The van der Waals surface area contributed by atoms with E-state index in [1.54, 1.807) is 0 Å². The van der Waals surface area contributed by atoms with Crippen LogP contribution in [0.15, 0.2) is 97.1 Å². The van der Waals surface area contributed by atoms with E-state index in [-0.39, 0.29) is 46.5 Å². The molecule has 0 fully saturated rings. The molecule has 0 spiro atoms. The second-order valence-electron chi connectivity index (χ2n) is 18.7. The Kier molecular flexibility index (Phi) is 16.6. The van der Waals surface area contributed by atoms with Crippen molar-refractivity contribution < 1.29 is 75.0 Å². The summed E-state index contributed by atoms with van der Waals surface area (Å²) < 4.78 is 75.7. The van der Waals surface area contributed by atoms with Gasteiger partial charge in [-0.05, 0) is 39.4 Å². The molecule has 0 saturated carbocycles. The number of fused-ring (bicyclic) bond motifs is 3. The zero-order chi connectivity index (χ0) is 42.2. The average molecular weight is 1010 g/mol. The van der Waals surface area contributed by atoms with Crippen LogP contribution in [0.3, 0.4) is 0 Å². The molecule has 0 aliphatic heterocycles. The Bertz CT molecular complexity index is 1960. The van der Waals surface area contributed by atoms with Crippen LogP contribution in [0.2, 0.25) is 0 Å². The van der Waals surface area contributed by atoms with Crippen LogP contribution in [0.4, 0.5) is 26.3 Å². The first-order valence-electron chi connectivity index (χ1n) is 18.9. The molecule has 0 unspecified atom stereocenters. The number of halogens is 8. The van der Waals surface area contributed by atoms with Gasteiger partial charge in [0, 0.05) is 0 Å². The van der Waals surface area contributed by atoms with Gasteiger partial charge in [-0.2, -0.15) is 35.9 Å². The molecule has 5 aromatic rings. The predicted octanol–water partition coefficient (Wildman–Crippen LogP) is 8.50. The van der Waals surface area contributed by atoms with E-state index in [2.05, 4.69) is 107 Å². The van der Waals surface area contributed by atoms with Crippen molar-refractivity contribution >= 4 is 3.26 Å². The van der Waals surface area contributed by atoms with Crippen molar-refractivity contribution in [3.05, 3.63) is 159 Å². The molecule has 0 amide bonds. The first kappa shape index (κ1) is 51.3. The molecule has 0 atom stereocenters. The smallest absolute Gasteiger partial charge is 0.172 e. The summed E-state index contributed by atoms with van der Waals surface area (Å²) in [6.45, 7) is 28.0. The Labute approximate surface area is 369 Å². The monoisotopic (exact) mass is 1010 g/mol. The zero-order valence-electron chi connectivity index (χ0n) is 35.5. The van der Waals surface area contributed by atoms with Crippen molar-refractivity contribution in [2.75, 3.05) is 0 Å². The second kappa shape index (κ2) is 18.8. The molecule has 6 rings (SSSR count). The van der Waals surface area contributed by atoms with Crippen LogP contribution in [-0.2, 0) is 64.3 Å². The van der Waals surface area contributed by atoms with Crippen LogP contribution in [-0.4, -0.2) is 3.26 Å². The van der Waals surface area contributed by atoms with Crippen LogP contribution >= 0.6 is 0 Å². The van der Waals surface area contributed by atoms with Crippen molar-refractivity contribution in [1.82, 2.24) is 0 Å². The van der Waals surface area contributed by atoms with Gasteiger partial charge < -0.3 is 24.8 Å². The van der Waals surface area contributed by atoms with Gasteiger partial charge in [0.05, 0.1) is 0 Å². The van der Waals surface area contributed by atoms with Crippen molar-refractivity contribution in [2.24, 2.45) is 0 Å². The van der Waals surface area contributed by atoms with Crippen LogP contribution in [0.5, 0.6) is 0 Å². The summed E-state index contributed by atoms with van der Waals surface area (Å²) in [5.41, 5.74) is 11.6. The van der Waals surface area contributed by atoms with Crippen molar-refractivity contribution in [1.29, 1.82) is 0 Å². The Morgan fingerprint density at radius 3 is 1.24 bits per heavy atom. The first-order chi connectivity index (χ1) is 25.5. The van der Waals surface area contributed by atoms with Crippen LogP contribution in [0, 0.1) is 6.07 Å². The van der Waals surface area contributed by atoms with E-state index in [0.29, 0.717) is 35.0 Å². The van der Waals surface area contributed by atoms with Crippen LogP contribution < -0.4 is 24.8 Å². The number of hydrogen-bond donors (Lipinski definition) is 0. The van der Waals surface area contributed by atoms with Crippen LogP contribution in [0.25, 0.3) is 11.1 Å². The maximum atomic E-state index is 12.5. The molecule has 0 nitrogen and oxygen atoms in total. The summed E-state index contributed by atoms with van der Waals surface area (Å²) in [7, 11) is 0. The number of rotatable bonds is 2. The van der Waals surface area contributed by atoms with E-state index < -0.39 is 23.5 Å². The summed E-state index contributed by atoms with van der Waals surface area (Å²) in [6.07, 6.45) is -7.80. The number of benzene rings is 4. The quantitative estimate of drug-likeness (QED) is 0.0929. The summed E-state index contributed by atoms with van der Waals surface area (Å²) in [5, 5.41) is 0. The van der Waals surface area contributed by atoms with Gasteiger partial charge in [-0.25, -0.2) is 12.1 Å². The maximum Gasteiger partial charge on any atom is -0.172 e. The van der Waals surface area contributed by atoms with Crippen molar-refractivity contribution in [2.45, 2.75) is 124 Å². The molecule has 1 aliphatic rings. The molecule has 58 heavy (non-hydrogen) atoms. The fourth-order valence-corrected chi connectivity index (χ4v) is 7.96.